The third-order valence-corrected chi connectivity index (χ3v) is 2.61. The summed E-state index contributed by atoms with van der Waals surface area (Å²) in [5.41, 5.74) is 0. The Kier molecular flexibility index (Phi) is 7.44. The van der Waals surface area contributed by atoms with Crippen LogP contribution in [0.2, 0.25) is 0 Å². The number of imidazole rings is 1. The number of aromatic nitrogens is 2. The van der Waals surface area contributed by atoms with E-state index < -0.39 is 0 Å². The SMILES string of the molecule is CCOCCCn1ccnc1NCC(C)OCC. The standard InChI is InChI=1S/C13H25N3O2/c1-4-17-10-6-8-16-9-7-14-13(16)15-11-12(3)18-5-2/h7,9,12H,4-6,8,10-11H2,1-3H3,(H,14,15). The molecule has 1 atom stereocenters. The third-order valence-electron chi connectivity index (χ3n) is 2.61. The summed E-state index contributed by atoms with van der Waals surface area (Å²) < 4.78 is 12.9. The average Bonchev–Trinajstić information content (AvgIpc) is 2.80. The highest BCUT2D eigenvalue weighted by molar-refractivity contribution is 5.25. The zero-order valence-corrected chi connectivity index (χ0v) is 11.7. The Morgan fingerprint density at radius 1 is 1.39 bits per heavy atom. The van der Waals surface area contributed by atoms with Gasteiger partial charge in [-0.3, -0.25) is 0 Å². The first-order chi connectivity index (χ1) is 8.77. The van der Waals surface area contributed by atoms with E-state index in [0.29, 0.717) is 0 Å². The lowest BCUT2D eigenvalue weighted by Gasteiger charge is -2.14. The zero-order valence-electron chi connectivity index (χ0n) is 11.7. The monoisotopic (exact) mass is 255 g/mol. The summed E-state index contributed by atoms with van der Waals surface area (Å²) in [5.74, 6) is 0.901. The summed E-state index contributed by atoms with van der Waals surface area (Å²) in [6, 6.07) is 0. The fraction of sp³-hybridized carbons (Fsp3) is 0.769. The third kappa shape index (κ3) is 5.51. The van der Waals surface area contributed by atoms with E-state index in [4.69, 9.17) is 9.47 Å². The minimum absolute atomic E-state index is 0.198. The number of ether oxygens (including phenoxy) is 2. The van der Waals surface area contributed by atoms with Crippen LogP contribution in [-0.4, -0.2) is 42.0 Å². The van der Waals surface area contributed by atoms with Gasteiger partial charge in [0.15, 0.2) is 0 Å². The molecule has 1 N–H and O–H groups in total. The van der Waals surface area contributed by atoms with Crippen LogP contribution in [0.15, 0.2) is 12.4 Å². The molecule has 18 heavy (non-hydrogen) atoms. The van der Waals surface area contributed by atoms with Gasteiger partial charge in [-0.25, -0.2) is 4.98 Å². The Balaban J connectivity index is 2.30. The van der Waals surface area contributed by atoms with Crippen molar-refractivity contribution in [3.63, 3.8) is 0 Å². The molecule has 0 bridgehead atoms. The minimum atomic E-state index is 0.198. The van der Waals surface area contributed by atoms with Gasteiger partial charge in [0.05, 0.1) is 6.10 Å². The number of hydrogen-bond acceptors (Lipinski definition) is 4. The van der Waals surface area contributed by atoms with Crippen LogP contribution in [0.3, 0.4) is 0 Å². The summed E-state index contributed by atoms with van der Waals surface area (Å²) in [5, 5.41) is 3.30. The van der Waals surface area contributed by atoms with Crippen molar-refractivity contribution < 1.29 is 9.47 Å². The van der Waals surface area contributed by atoms with E-state index in [0.717, 1.165) is 45.3 Å². The molecule has 5 heteroatoms. The molecule has 1 aromatic heterocycles. The van der Waals surface area contributed by atoms with Crippen LogP contribution in [0.25, 0.3) is 0 Å². The molecule has 0 aliphatic heterocycles. The van der Waals surface area contributed by atoms with Crippen molar-refractivity contribution in [2.75, 3.05) is 31.7 Å². The van der Waals surface area contributed by atoms with E-state index in [1.807, 2.05) is 26.2 Å². The Labute approximate surface area is 109 Å². The van der Waals surface area contributed by atoms with Crippen molar-refractivity contribution in [2.45, 2.75) is 39.8 Å². The number of nitrogens with one attached hydrogen (secondary N) is 1. The van der Waals surface area contributed by atoms with E-state index in [2.05, 4.69) is 21.8 Å². The summed E-state index contributed by atoms with van der Waals surface area (Å²) in [4.78, 5) is 4.30. The van der Waals surface area contributed by atoms with Gasteiger partial charge >= 0.3 is 0 Å². The fourth-order valence-corrected chi connectivity index (χ4v) is 1.72. The van der Waals surface area contributed by atoms with Crippen molar-refractivity contribution in [3.05, 3.63) is 12.4 Å². The van der Waals surface area contributed by atoms with Crippen LogP contribution >= 0.6 is 0 Å². The second-order valence-electron chi connectivity index (χ2n) is 4.14. The number of nitrogens with zero attached hydrogens (tertiary/aromatic N) is 2. The van der Waals surface area contributed by atoms with Gasteiger partial charge in [-0.05, 0) is 27.2 Å². The molecule has 0 saturated heterocycles. The van der Waals surface area contributed by atoms with Gasteiger partial charge in [0, 0.05) is 45.3 Å². The highest BCUT2D eigenvalue weighted by Gasteiger charge is 2.05. The summed E-state index contributed by atoms with van der Waals surface area (Å²) >= 11 is 0. The molecule has 0 amide bonds. The van der Waals surface area contributed by atoms with Gasteiger partial charge in [-0.15, -0.1) is 0 Å². The van der Waals surface area contributed by atoms with Gasteiger partial charge in [-0.1, -0.05) is 0 Å². The molecule has 0 spiro atoms. The van der Waals surface area contributed by atoms with Crippen LogP contribution in [0.1, 0.15) is 27.2 Å². The van der Waals surface area contributed by atoms with E-state index in [-0.39, 0.29) is 6.10 Å². The van der Waals surface area contributed by atoms with Crippen LogP contribution in [0.5, 0.6) is 0 Å². The number of rotatable bonds is 10. The van der Waals surface area contributed by atoms with Crippen LogP contribution < -0.4 is 5.32 Å². The molecular formula is C13H25N3O2. The lowest BCUT2D eigenvalue weighted by atomic mass is 10.4. The van der Waals surface area contributed by atoms with Gasteiger partial charge in [0.25, 0.3) is 0 Å². The van der Waals surface area contributed by atoms with Gasteiger partial charge in [0.2, 0.25) is 5.95 Å². The summed E-state index contributed by atoms with van der Waals surface area (Å²) in [6.45, 7) is 10.1. The quantitative estimate of drug-likeness (QED) is 0.651. The first-order valence-corrected chi connectivity index (χ1v) is 6.72. The predicted octanol–water partition coefficient (Wildman–Crippen LogP) is 2.15. The maximum Gasteiger partial charge on any atom is 0.202 e. The molecule has 0 saturated carbocycles. The maximum atomic E-state index is 5.47. The van der Waals surface area contributed by atoms with Crippen LogP contribution in [-0.2, 0) is 16.0 Å². The summed E-state index contributed by atoms with van der Waals surface area (Å²) in [6.07, 6.45) is 5.00. The van der Waals surface area contributed by atoms with Crippen molar-refractivity contribution in [2.24, 2.45) is 0 Å². The first-order valence-electron chi connectivity index (χ1n) is 6.72. The molecule has 0 aliphatic rings. The first kappa shape index (κ1) is 15.0. The van der Waals surface area contributed by atoms with Crippen LogP contribution in [0.4, 0.5) is 5.95 Å². The molecule has 0 aliphatic carbocycles. The molecule has 0 radical (unpaired) electrons. The average molecular weight is 255 g/mol. The maximum absolute atomic E-state index is 5.47. The Bertz CT molecular complexity index is 315. The van der Waals surface area contributed by atoms with Crippen LogP contribution in [0, 0.1) is 0 Å². The van der Waals surface area contributed by atoms with Crippen molar-refractivity contribution >= 4 is 5.95 Å². The number of aryl methyl sites for hydroxylation is 1. The molecule has 1 unspecified atom stereocenters. The van der Waals surface area contributed by atoms with Gasteiger partial charge < -0.3 is 19.4 Å². The Morgan fingerprint density at radius 2 is 2.22 bits per heavy atom. The van der Waals surface area contributed by atoms with E-state index in [1.54, 1.807) is 0 Å². The molecule has 1 heterocycles. The highest BCUT2D eigenvalue weighted by Crippen LogP contribution is 2.06. The summed E-state index contributed by atoms with van der Waals surface area (Å²) in [7, 11) is 0. The van der Waals surface area contributed by atoms with Gasteiger partial charge in [0.1, 0.15) is 0 Å². The van der Waals surface area contributed by atoms with Crippen molar-refractivity contribution in [1.29, 1.82) is 0 Å². The minimum Gasteiger partial charge on any atom is -0.382 e. The number of hydrogen-bond donors (Lipinski definition) is 1. The highest BCUT2D eigenvalue weighted by atomic mass is 16.5. The molecule has 1 rings (SSSR count). The van der Waals surface area contributed by atoms with Crippen molar-refractivity contribution in [3.8, 4) is 0 Å². The molecule has 104 valence electrons. The lowest BCUT2D eigenvalue weighted by molar-refractivity contribution is 0.0853. The second-order valence-corrected chi connectivity index (χ2v) is 4.14. The topological polar surface area (TPSA) is 48.3 Å². The molecule has 5 nitrogen and oxygen atoms in total. The predicted molar refractivity (Wildman–Crippen MR) is 72.9 cm³/mol. The van der Waals surface area contributed by atoms with Crippen molar-refractivity contribution in [1.82, 2.24) is 9.55 Å². The Morgan fingerprint density at radius 3 is 2.94 bits per heavy atom. The molecular weight excluding hydrogens is 230 g/mol. The largest absolute Gasteiger partial charge is 0.382 e. The molecule has 1 aromatic rings. The lowest BCUT2D eigenvalue weighted by Crippen LogP contribution is -2.21. The second kappa shape index (κ2) is 8.94. The molecule has 0 aromatic carbocycles. The van der Waals surface area contributed by atoms with Gasteiger partial charge in [-0.2, -0.15) is 0 Å². The van der Waals surface area contributed by atoms with E-state index in [9.17, 15) is 0 Å². The van der Waals surface area contributed by atoms with E-state index in [1.165, 1.54) is 0 Å². The fourth-order valence-electron chi connectivity index (χ4n) is 1.72. The zero-order chi connectivity index (χ0) is 13.2. The van der Waals surface area contributed by atoms with E-state index >= 15 is 0 Å². The smallest absolute Gasteiger partial charge is 0.202 e. The number of anilines is 1. The Hall–Kier alpha value is -1.07. The molecule has 0 fully saturated rings. The normalized spacial score (nSPS) is 12.6.